The summed E-state index contributed by atoms with van der Waals surface area (Å²) in [7, 11) is 0. The van der Waals surface area contributed by atoms with E-state index in [0.29, 0.717) is 17.1 Å². The van der Waals surface area contributed by atoms with Crippen LogP contribution in [-0.2, 0) is 11.3 Å². The molecule has 0 aromatic heterocycles. The molecule has 8 nitrogen and oxygen atoms in total. The molecule has 0 aliphatic carbocycles. The molecule has 0 radical (unpaired) electrons. The van der Waals surface area contributed by atoms with Crippen LogP contribution in [0.25, 0.3) is 0 Å². The number of benzene rings is 2. The standard InChI is InChI=1S/C24H27Cl2N5O3/c25-15-3-1-14(2-4-15)13-31-18-6-7-19(31)11-17(10-18)29-22(32)12-28-23(33)20-9-16(26)5-8-21(20)30-24(27)34/h1-5,8-9,17-19H,6-7,10-13H2,(H,28,33)(H,29,32)(H3,27,30,34). The van der Waals surface area contributed by atoms with Crippen LogP contribution >= 0.6 is 23.2 Å². The maximum absolute atomic E-state index is 12.6. The molecule has 4 amide bonds. The van der Waals surface area contributed by atoms with Gasteiger partial charge in [0.2, 0.25) is 5.91 Å². The fourth-order valence-electron chi connectivity index (χ4n) is 4.93. The number of carbonyl (C=O) groups is 3. The summed E-state index contributed by atoms with van der Waals surface area (Å²) < 4.78 is 0. The van der Waals surface area contributed by atoms with Crippen LogP contribution in [0.2, 0.25) is 10.0 Å². The fourth-order valence-corrected chi connectivity index (χ4v) is 5.23. The molecule has 10 heteroatoms. The number of primary amides is 1. The number of hydrogen-bond acceptors (Lipinski definition) is 4. The third-order valence-corrected chi connectivity index (χ3v) is 6.91. The lowest BCUT2D eigenvalue weighted by atomic mass is 9.96. The van der Waals surface area contributed by atoms with E-state index in [9.17, 15) is 14.4 Å². The molecule has 2 unspecified atom stereocenters. The number of nitrogens with one attached hydrogen (secondary N) is 3. The number of halogens is 2. The van der Waals surface area contributed by atoms with Gasteiger partial charge in [0.15, 0.2) is 0 Å². The van der Waals surface area contributed by atoms with E-state index in [1.807, 2.05) is 12.1 Å². The van der Waals surface area contributed by atoms with Crippen molar-refractivity contribution in [1.29, 1.82) is 0 Å². The first kappa shape index (κ1) is 24.3. The van der Waals surface area contributed by atoms with Crippen molar-refractivity contribution >= 4 is 46.7 Å². The number of hydrogen-bond donors (Lipinski definition) is 4. The van der Waals surface area contributed by atoms with Crippen LogP contribution < -0.4 is 21.7 Å². The lowest BCUT2D eigenvalue weighted by molar-refractivity contribution is -0.121. The van der Waals surface area contributed by atoms with Gasteiger partial charge in [0.05, 0.1) is 17.8 Å². The van der Waals surface area contributed by atoms with Gasteiger partial charge in [-0.1, -0.05) is 35.3 Å². The first-order valence-electron chi connectivity index (χ1n) is 11.2. The zero-order valence-electron chi connectivity index (χ0n) is 18.5. The monoisotopic (exact) mass is 503 g/mol. The number of rotatable bonds is 7. The van der Waals surface area contributed by atoms with Crippen molar-refractivity contribution in [1.82, 2.24) is 15.5 Å². The number of nitrogens with zero attached hydrogens (tertiary/aromatic N) is 1. The van der Waals surface area contributed by atoms with Gasteiger partial charge in [0, 0.05) is 34.7 Å². The van der Waals surface area contributed by atoms with Crippen LogP contribution in [-0.4, -0.2) is 47.4 Å². The molecule has 2 aliphatic rings. The van der Waals surface area contributed by atoms with Crippen LogP contribution in [0.5, 0.6) is 0 Å². The second-order valence-corrected chi connectivity index (χ2v) is 9.65. The van der Waals surface area contributed by atoms with E-state index in [-0.39, 0.29) is 29.7 Å². The minimum absolute atomic E-state index is 0.0710. The summed E-state index contributed by atoms with van der Waals surface area (Å²) in [6.07, 6.45) is 3.99. The van der Waals surface area contributed by atoms with Gasteiger partial charge in [0.1, 0.15) is 0 Å². The Morgan fingerprint density at radius 2 is 1.62 bits per heavy atom. The number of anilines is 1. The largest absolute Gasteiger partial charge is 0.352 e. The van der Waals surface area contributed by atoms with E-state index in [1.54, 1.807) is 0 Å². The molecule has 2 aliphatic heterocycles. The van der Waals surface area contributed by atoms with E-state index in [4.69, 9.17) is 28.9 Å². The molecule has 2 heterocycles. The van der Waals surface area contributed by atoms with Crippen molar-refractivity contribution in [2.24, 2.45) is 5.73 Å². The highest BCUT2D eigenvalue weighted by Crippen LogP contribution is 2.37. The predicted octanol–water partition coefficient (Wildman–Crippen LogP) is 3.53. The van der Waals surface area contributed by atoms with Gasteiger partial charge in [-0.25, -0.2) is 4.79 Å². The third kappa shape index (κ3) is 6.00. The zero-order valence-corrected chi connectivity index (χ0v) is 20.0. The summed E-state index contributed by atoms with van der Waals surface area (Å²) >= 11 is 12.0. The Labute approximate surface area is 208 Å². The second kappa shape index (κ2) is 10.6. The molecule has 5 N–H and O–H groups in total. The Morgan fingerprint density at radius 3 is 2.26 bits per heavy atom. The van der Waals surface area contributed by atoms with Gasteiger partial charge in [-0.3, -0.25) is 14.5 Å². The van der Waals surface area contributed by atoms with E-state index in [0.717, 1.165) is 37.3 Å². The number of urea groups is 1. The zero-order chi connectivity index (χ0) is 24.2. The van der Waals surface area contributed by atoms with Crippen LogP contribution in [0.15, 0.2) is 42.5 Å². The summed E-state index contributed by atoms with van der Waals surface area (Å²) in [5.74, 6) is -0.783. The second-order valence-electron chi connectivity index (χ2n) is 8.78. The molecule has 2 atom stereocenters. The maximum Gasteiger partial charge on any atom is 0.316 e. The highest BCUT2D eigenvalue weighted by Gasteiger charge is 2.40. The van der Waals surface area contributed by atoms with Crippen molar-refractivity contribution in [3.8, 4) is 0 Å². The number of piperidine rings is 1. The molecule has 2 aromatic carbocycles. The summed E-state index contributed by atoms with van der Waals surface area (Å²) in [6.45, 7) is 0.701. The Balaban J connectivity index is 1.28. The number of nitrogens with two attached hydrogens (primary N) is 1. The molecule has 34 heavy (non-hydrogen) atoms. The Hall–Kier alpha value is -2.81. The van der Waals surface area contributed by atoms with Crippen LogP contribution in [0.4, 0.5) is 10.5 Å². The van der Waals surface area contributed by atoms with E-state index in [1.165, 1.54) is 23.8 Å². The van der Waals surface area contributed by atoms with Crippen LogP contribution in [0.1, 0.15) is 41.6 Å². The molecule has 0 spiro atoms. The fraction of sp³-hybridized carbons (Fsp3) is 0.375. The number of amides is 4. The average molecular weight is 504 g/mol. The van der Waals surface area contributed by atoms with Gasteiger partial charge >= 0.3 is 6.03 Å². The van der Waals surface area contributed by atoms with Crippen molar-refractivity contribution in [3.63, 3.8) is 0 Å². The molecule has 2 bridgehead atoms. The van der Waals surface area contributed by atoms with E-state index >= 15 is 0 Å². The lowest BCUT2D eigenvalue weighted by Gasteiger charge is -2.39. The Bertz CT molecular complexity index is 1060. The summed E-state index contributed by atoms with van der Waals surface area (Å²) in [6, 6.07) is 12.5. The number of fused-ring (bicyclic) bond motifs is 2. The SMILES string of the molecule is NC(=O)Nc1ccc(Cl)cc1C(=O)NCC(=O)NC1CC2CCC(C1)N2Cc1ccc(Cl)cc1. The quantitative estimate of drug-likeness (QED) is 0.462. The van der Waals surface area contributed by atoms with Crippen molar-refractivity contribution < 1.29 is 14.4 Å². The first-order valence-corrected chi connectivity index (χ1v) is 12.0. The van der Waals surface area contributed by atoms with Gasteiger partial charge in [-0.2, -0.15) is 0 Å². The van der Waals surface area contributed by atoms with Crippen molar-refractivity contribution in [2.45, 2.75) is 50.4 Å². The number of carbonyl (C=O) groups excluding carboxylic acids is 3. The molecular weight excluding hydrogens is 477 g/mol. The molecular formula is C24H27Cl2N5O3. The Morgan fingerprint density at radius 1 is 0.971 bits per heavy atom. The third-order valence-electron chi connectivity index (χ3n) is 6.42. The molecule has 2 aromatic rings. The average Bonchev–Trinajstić information content (AvgIpc) is 3.02. The lowest BCUT2D eigenvalue weighted by Crippen LogP contribution is -2.51. The van der Waals surface area contributed by atoms with Crippen LogP contribution in [0, 0.1) is 0 Å². The molecule has 2 fully saturated rings. The highest BCUT2D eigenvalue weighted by atomic mass is 35.5. The molecule has 0 saturated carbocycles. The predicted molar refractivity (Wildman–Crippen MR) is 132 cm³/mol. The van der Waals surface area contributed by atoms with E-state index < -0.39 is 11.9 Å². The topological polar surface area (TPSA) is 117 Å². The summed E-state index contributed by atoms with van der Waals surface area (Å²) in [5.41, 5.74) is 6.74. The summed E-state index contributed by atoms with van der Waals surface area (Å²) in [5, 5.41) is 9.09. The normalized spacial score (nSPS) is 21.6. The highest BCUT2D eigenvalue weighted by molar-refractivity contribution is 6.31. The van der Waals surface area contributed by atoms with Gasteiger partial charge in [-0.05, 0) is 61.6 Å². The van der Waals surface area contributed by atoms with Crippen molar-refractivity contribution in [3.05, 3.63) is 63.6 Å². The molecule has 4 rings (SSSR count). The first-order chi connectivity index (χ1) is 16.3. The minimum Gasteiger partial charge on any atom is -0.352 e. The van der Waals surface area contributed by atoms with E-state index in [2.05, 4.69) is 33.0 Å². The maximum atomic E-state index is 12.6. The van der Waals surface area contributed by atoms with Gasteiger partial charge in [0.25, 0.3) is 5.91 Å². The van der Waals surface area contributed by atoms with Gasteiger partial charge < -0.3 is 21.7 Å². The molecule has 2 saturated heterocycles. The van der Waals surface area contributed by atoms with Crippen molar-refractivity contribution in [2.75, 3.05) is 11.9 Å². The smallest absolute Gasteiger partial charge is 0.316 e. The summed E-state index contributed by atoms with van der Waals surface area (Å²) in [4.78, 5) is 38.9. The molecule has 180 valence electrons. The Kier molecular flexibility index (Phi) is 7.60. The van der Waals surface area contributed by atoms with Crippen LogP contribution in [0.3, 0.4) is 0 Å². The minimum atomic E-state index is -0.800. The van der Waals surface area contributed by atoms with Gasteiger partial charge in [-0.15, -0.1) is 0 Å².